The number of rotatable bonds is 4. The van der Waals surface area contributed by atoms with Gasteiger partial charge in [-0.05, 0) is 104 Å². The summed E-state index contributed by atoms with van der Waals surface area (Å²) in [6.07, 6.45) is 5.59. The molecule has 0 radical (unpaired) electrons. The third kappa shape index (κ3) is 4.96. The molecule has 0 amide bonds. The fourth-order valence-electron chi connectivity index (χ4n) is 11.0. The second-order valence-corrected chi connectivity index (χ2v) is 18.6. The average Bonchev–Trinajstić information content (AvgIpc) is 3.81. The van der Waals surface area contributed by atoms with Crippen LogP contribution in [0.2, 0.25) is 0 Å². The number of hydrogen-bond acceptors (Lipinski definition) is 2. The summed E-state index contributed by atoms with van der Waals surface area (Å²) in [6.45, 7) is 11.9. The predicted octanol–water partition coefficient (Wildman–Crippen LogP) is 12.8. The Morgan fingerprint density at radius 2 is 1.32 bits per heavy atom. The first kappa shape index (κ1) is 36.6. The van der Waals surface area contributed by atoms with Gasteiger partial charge in [0.1, 0.15) is 17.3 Å². The van der Waals surface area contributed by atoms with Crippen LogP contribution in [0.4, 0.5) is 0 Å². The summed E-state index contributed by atoms with van der Waals surface area (Å²) in [5.74, 6) is 2.39. The molecule has 3 aromatic heterocycles. The van der Waals surface area contributed by atoms with Crippen LogP contribution in [-0.4, -0.2) is 14.1 Å². The number of pyridine rings is 1. The van der Waals surface area contributed by atoms with Gasteiger partial charge in [0, 0.05) is 28.5 Å². The van der Waals surface area contributed by atoms with E-state index in [-0.39, 0.29) is 10.8 Å². The molecular formula is C57H46N4O. The SMILES string of the molecule is C[n+]1[c-]n2c3c(cccc31)C1(c3ccc(Oc4ccc5c6ccccc6n(-c6ccccn6)c5c4)cc3-2)c2cc(-c3ccccc3)ccc2C(C)(C)c2cccc(C(C)(C)C)c21. The Bertz CT molecular complexity index is 3460. The molecule has 10 aromatic rings. The third-order valence-corrected chi connectivity index (χ3v) is 13.8. The lowest BCUT2D eigenvalue weighted by atomic mass is 9.51. The van der Waals surface area contributed by atoms with Crippen molar-refractivity contribution < 1.29 is 9.30 Å². The highest BCUT2D eigenvalue weighted by molar-refractivity contribution is 6.09. The van der Waals surface area contributed by atoms with Gasteiger partial charge in [0.2, 0.25) is 6.33 Å². The summed E-state index contributed by atoms with van der Waals surface area (Å²) >= 11 is 0. The standard InChI is InChI=1S/C57H46N4O/c1-55(2,3)44-19-14-20-45-53(44)57(47-32-37(36-16-8-7-9-17-36)25-29-42(47)56(45,4)5)43-30-27-39(34-51(43)60-35-59(6)49-23-15-21-46(57)54(49)60)62-38-26-28-41-40-18-10-11-22-48(40)61(50(41)33-38)52-24-12-13-31-58-52/h7-34H,1-6H3. The Morgan fingerprint density at radius 3 is 2.15 bits per heavy atom. The number of benzene rings is 7. The second-order valence-electron chi connectivity index (χ2n) is 18.6. The molecule has 1 unspecified atom stereocenters. The molecule has 0 saturated heterocycles. The molecule has 300 valence electrons. The number of hydrogen-bond donors (Lipinski definition) is 0. The van der Waals surface area contributed by atoms with Crippen molar-refractivity contribution in [1.82, 2.24) is 14.1 Å². The number of aryl methyl sites for hydroxylation is 1. The van der Waals surface area contributed by atoms with Crippen molar-refractivity contribution in [1.29, 1.82) is 0 Å². The minimum absolute atomic E-state index is 0.146. The first-order valence-electron chi connectivity index (χ1n) is 21.6. The smallest absolute Gasteiger partial charge is 0.244 e. The summed E-state index contributed by atoms with van der Waals surface area (Å²) in [6, 6.07) is 59.7. The monoisotopic (exact) mass is 802 g/mol. The van der Waals surface area contributed by atoms with Crippen LogP contribution >= 0.6 is 0 Å². The van der Waals surface area contributed by atoms with Crippen molar-refractivity contribution >= 4 is 32.8 Å². The number of ether oxygens (including phenoxy) is 1. The maximum Gasteiger partial charge on any atom is 0.244 e. The largest absolute Gasteiger partial charge is 0.458 e. The molecule has 0 bridgehead atoms. The zero-order valence-electron chi connectivity index (χ0n) is 35.9. The molecule has 1 aliphatic carbocycles. The summed E-state index contributed by atoms with van der Waals surface area (Å²) in [7, 11) is 2.11. The lowest BCUT2D eigenvalue weighted by molar-refractivity contribution is -0.649. The van der Waals surface area contributed by atoms with E-state index in [1.807, 2.05) is 18.3 Å². The number of imidazole rings is 1. The maximum absolute atomic E-state index is 6.97. The van der Waals surface area contributed by atoms with E-state index in [1.165, 1.54) is 55.5 Å². The summed E-state index contributed by atoms with van der Waals surface area (Å²) in [5.41, 5.74) is 16.1. The average molecular weight is 803 g/mol. The summed E-state index contributed by atoms with van der Waals surface area (Å²) in [4.78, 5) is 4.76. The van der Waals surface area contributed by atoms with Gasteiger partial charge in [-0.2, -0.15) is 0 Å². The third-order valence-electron chi connectivity index (χ3n) is 13.8. The van der Waals surface area contributed by atoms with Crippen molar-refractivity contribution in [2.24, 2.45) is 7.05 Å². The molecule has 12 rings (SSSR count). The zero-order chi connectivity index (χ0) is 42.1. The molecular weight excluding hydrogens is 757 g/mol. The van der Waals surface area contributed by atoms with Crippen molar-refractivity contribution in [3.05, 3.63) is 215 Å². The Kier molecular flexibility index (Phi) is 7.61. The van der Waals surface area contributed by atoms with E-state index in [4.69, 9.17) is 9.72 Å². The number of aromatic nitrogens is 4. The molecule has 0 fully saturated rings. The molecule has 5 nitrogen and oxygen atoms in total. The zero-order valence-corrected chi connectivity index (χ0v) is 35.9. The second kappa shape index (κ2) is 12.9. The Hall–Kier alpha value is -7.24. The Morgan fingerprint density at radius 1 is 0.597 bits per heavy atom. The molecule has 4 heterocycles. The molecule has 1 atom stereocenters. The van der Waals surface area contributed by atoms with Crippen LogP contribution < -0.4 is 9.30 Å². The van der Waals surface area contributed by atoms with E-state index in [1.54, 1.807) is 0 Å². The molecule has 7 aromatic carbocycles. The van der Waals surface area contributed by atoms with Gasteiger partial charge >= 0.3 is 0 Å². The first-order chi connectivity index (χ1) is 30.0. The molecule has 1 aliphatic heterocycles. The highest BCUT2D eigenvalue weighted by Gasteiger charge is 2.53. The number of para-hydroxylation sites is 2. The van der Waals surface area contributed by atoms with Gasteiger partial charge in [0.25, 0.3) is 0 Å². The Balaban J connectivity index is 1.14. The molecule has 2 aliphatic rings. The summed E-state index contributed by atoms with van der Waals surface area (Å²) < 4.78 is 13.6. The predicted molar refractivity (Wildman–Crippen MR) is 250 cm³/mol. The van der Waals surface area contributed by atoms with Crippen LogP contribution in [0.1, 0.15) is 73.6 Å². The highest BCUT2D eigenvalue weighted by atomic mass is 16.5. The number of fused-ring (bicyclic) bond motifs is 11. The number of nitrogens with zero attached hydrogens (tertiary/aromatic N) is 4. The van der Waals surface area contributed by atoms with Gasteiger partial charge in [-0.15, -0.1) is 0 Å². The first-order valence-corrected chi connectivity index (χ1v) is 21.6. The van der Waals surface area contributed by atoms with Crippen LogP contribution in [0, 0.1) is 6.33 Å². The van der Waals surface area contributed by atoms with Gasteiger partial charge in [0.15, 0.2) is 0 Å². The van der Waals surface area contributed by atoms with Crippen LogP contribution in [0.25, 0.3) is 55.5 Å². The van der Waals surface area contributed by atoms with E-state index in [2.05, 4.69) is 213 Å². The van der Waals surface area contributed by atoms with E-state index >= 15 is 0 Å². The van der Waals surface area contributed by atoms with Gasteiger partial charge in [-0.25, -0.2) is 4.98 Å². The molecule has 62 heavy (non-hydrogen) atoms. The van der Waals surface area contributed by atoms with Gasteiger partial charge in [0.05, 0.1) is 40.2 Å². The van der Waals surface area contributed by atoms with Crippen LogP contribution in [-0.2, 0) is 23.3 Å². The van der Waals surface area contributed by atoms with Gasteiger partial charge < -0.3 is 13.9 Å². The highest BCUT2D eigenvalue weighted by Crippen LogP contribution is 2.62. The molecule has 0 saturated carbocycles. The van der Waals surface area contributed by atoms with Crippen molar-refractivity contribution in [2.75, 3.05) is 0 Å². The normalized spacial score (nSPS) is 16.1. The topological polar surface area (TPSA) is 35.9 Å². The van der Waals surface area contributed by atoms with E-state index < -0.39 is 5.41 Å². The lowest BCUT2D eigenvalue weighted by Crippen LogP contribution is -2.45. The Labute approximate surface area is 362 Å². The van der Waals surface area contributed by atoms with E-state index in [0.29, 0.717) is 0 Å². The fourth-order valence-corrected chi connectivity index (χ4v) is 11.0. The minimum atomic E-state index is -0.667. The van der Waals surface area contributed by atoms with Gasteiger partial charge in [-0.1, -0.05) is 144 Å². The lowest BCUT2D eigenvalue weighted by Gasteiger charge is -2.52. The van der Waals surface area contributed by atoms with Crippen molar-refractivity contribution in [3.63, 3.8) is 0 Å². The summed E-state index contributed by atoms with van der Waals surface area (Å²) in [5, 5.41) is 2.33. The quantitative estimate of drug-likeness (QED) is 0.131. The van der Waals surface area contributed by atoms with Crippen LogP contribution in [0.3, 0.4) is 0 Å². The van der Waals surface area contributed by atoms with E-state index in [0.717, 1.165) is 50.5 Å². The molecule has 0 N–H and O–H groups in total. The van der Waals surface area contributed by atoms with E-state index in [9.17, 15) is 0 Å². The van der Waals surface area contributed by atoms with Gasteiger partial charge in [-0.3, -0.25) is 4.57 Å². The molecule has 1 spiro atoms. The fraction of sp³-hybridized carbons (Fsp3) is 0.158. The molecule has 5 heteroatoms. The maximum atomic E-state index is 6.97. The van der Waals surface area contributed by atoms with Crippen molar-refractivity contribution in [3.8, 4) is 34.1 Å². The van der Waals surface area contributed by atoms with Crippen LogP contribution in [0.5, 0.6) is 11.5 Å². The minimum Gasteiger partial charge on any atom is -0.458 e. The van der Waals surface area contributed by atoms with Crippen molar-refractivity contribution in [2.45, 2.75) is 50.9 Å². The van der Waals surface area contributed by atoms with Crippen LogP contribution in [0.15, 0.2) is 170 Å².